The number of nitrogens with one attached hydrogen (secondary N) is 1. The quantitative estimate of drug-likeness (QED) is 0.174. The molecule has 0 aromatic heterocycles. The van der Waals surface area contributed by atoms with E-state index < -0.39 is 17.8 Å². The number of para-hydroxylation sites is 1. The molecule has 1 N–H and O–H groups in total. The van der Waals surface area contributed by atoms with Crippen LogP contribution in [0.4, 0.5) is 10.5 Å². The fourth-order valence-electron chi connectivity index (χ4n) is 4.04. The number of rotatable bonds is 9. The van der Waals surface area contributed by atoms with Crippen molar-refractivity contribution in [3.8, 4) is 17.2 Å². The van der Waals surface area contributed by atoms with Crippen LogP contribution in [-0.4, -0.2) is 37.7 Å². The predicted octanol–water partition coefficient (Wildman–Crippen LogP) is 6.24. The van der Waals surface area contributed by atoms with Crippen LogP contribution in [0.15, 0.2) is 64.6 Å². The second kappa shape index (κ2) is 12.4. The minimum absolute atomic E-state index is 0.207. The second-order valence-electron chi connectivity index (χ2n) is 8.62. The zero-order chi connectivity index (χ0) is 28.1. The summed E-state index contributed by atoms with van der Waals surface area (Å²) >= 11 is 9.86. The highest BCUT2D eigenvalue weighted by atomic mass is 79.9. The Labute approximate surface area is 239 Å². The molecule has 1 aliphatic rings. The van der Waals surface area contributed by atoms with Gasteiger partial charge in [-0.1, -0.05) is 45.7 Å². The topological polar surface area (TPSA) is 94.2 Å². The van der Waals surface area contributed by atoms with E-state index >= 15 is 0 Å². The number of amides is 4. The Balaban J connectivity index is 1.55. The van der Waals surface area contributed by atoms with Crippen molar-refractivity contribution in [3.63, 3.8) is 0 Å². The lowest BCUT2D eigenvalue weighted by Crippen LogP contribution is -2.54. The molecule has 39 heavy (non-hydrogen) atoms. The number of aryl methyl sites for hydroxylation is 2. The van der Waals surface area contributed by atoms with Gasteiger partial charge in [-0.2, -0.15) is 0 Å². The molecule has 1 heterocycles. The lowest BCUT2D eigenvalue weighted by atomic mass is 10.1. The number of hydrogen-bond acceptors (Lipinski definition) is 6. The van der Waals surface area contributed by atoms with Crippen LogP contribution in [0.3, 0.4) is 0 Å². The molecule has 10 heteroatoms. The van der Waals surface area contributed by atoms with E-state index in [1.165, 1.54) is 6.08 Å². The van der Waals surface area contributed by atoms with Crippen LogP contribution in [-0.2, 0) is 9.59 Å². The van der Waals surface area contributed by atoms with Gasteiger partial charge in [-0.25, -0.2) is 9.69 Å². The van der Waals surface area contributed by atoms with E-state index in [0.29, 0.717) is 29.4 Å². The molecule has 0 bridgehead atoms. The maximum atomic E-state index is 13.2. The van der Waals surface area contributed by atoms with Gasteiger partial charge in [0.25, 0.3) is 11.8 Å². The Hall–Kier alpha value is -3.82. The second-order valence-corrected chi connectivity index (χ2v) is 9.94. The lowest BCUT2D eigenvalue weighted by molar-refractivity contribution is -0.122. The molecule has 8 nitrogen and oxygen atoms in total. The molecule has 4 rings (SSSR count). The van der Waals surface area contributed by atoms with Crippen molar-refractivity contribution in [1.82, 2.24) is 5.32 Å². The Morgan fingerprint density at radius 1 is 0.923 bits per heavy atom. The van der Waals surface area contributed by atoms with Gasteiger partial charge in [-0.3, -0.25) is 14.9 Å². The van der Waals surface area contributed by atoms with Gasteiger partial charge in [0.2, 0.25) is 0 Å². The van der Waals surface area contributed by atoms with Crippen molar-refractivity contribution in [3.05, 3.63) is 86.4 Å². The van der Waals surface area contributed by atoms with Crippen LogP contribution in [0.5, 0.6) is 17.2 Å². The standard InChI is InChI=1S/C29H26BrClN2O6/c1-4-37-24-16-19(15-23(31)26(24)39-13-12-38-25-17(2)6-5-7-18(25)3)14-22-27(34)32-29(36)33(28(22)35)21-10-8-20(30)9-11-21/h5-11,14-16H,4,12-13H2,1-3H3,(H,32,34,36). The highest BCUT2D eigenvalue weighted by molar-refractivity contribution is 9.10. The van der Waals surface area contributed by atoms with E-state index in [4.69, 9.17) is 25.8 Å². The van der Waals surface area contributed by atoms with Crippen molar-refractivity contribution in [1.29, 1.82) is 0 Å². The summed E-state index contributed by atoms with van der Waals surface area (Å²) in [5.41, 5.74) is 2.57. The first-order valence-electron chi connectivity index (χ1n) is 12.1. The van der Waals surface area contributed by atoms with Gasteiger partial charge in [-0.15, -0.1) is 0 Å². The van der Waals surface area contributed by atoms with Crippen LogP contribution in [0, 0.1) is 13.8 Å². The Morgan fingerprint density at radius 2 is 1.56 bits per heavy atom. The molecule has 3 aromatic rings. The van der Waals surface area contributed by atoms with Gasteiger partial charge in [0, 0.05) is 4.47 Å². The van der Waals surface area contributed by atoms with Crippen LogP contribution in [0.2, 0.25) is 5.02 Å². The summed E-state index contributed by atoms with van der Waals surface area (Å²) in [6.45, 7) is 6.59. The molecule has 1 fully saturated rings. The molecule has 0 saturated carbocycles. The first kappa shape index (κ1) is 28.2. The zero-order valence-electron chi connectivity index (χ0n) is 21.5. The molecule has 0 aliphatic carbocycles. The van der Waals surface area contributed by atoms with E-state index in [1.54, 1.807) is 36.4 Å². The number of imide groups is 2. The van der Waals surface area contributed by atoms with Gasteiger partial charge in [0.05, 0.1) is 17.3 Å². The van der Waals surface area contributed by atoms with E-state index in [-0.39, 0.29) is 23.8 Å². The maximum Gasteiger partial charge on any atom is 0.335 e. The van der Waals surface area contributed by atoms with E-state index in [2.05, 4.69) is 21.2 Å². The molecule has 4 amide bonds. The maximum absolute atomic E-state index is 13.2. The summed E-state index contributed by atoms with van der Waals surface area (Å²) in [5.74, 6) is -0.101. The third-order valence-corrected chi connectivity index (χ3v) is 6.62. The van der Waals surface area contributed by atoms with Gasteiger partial charge in [0.15, 0.2) is 11.5 Å². The molecular weight excluding hydrogens is 588 g/mol. The van der Waals surface area contributed by atoms with Crippen molar-refractivity contribution in [2.75, 3.05) is 24.7 Å². The van der Waals surface area contributed by atoms with E-state index in [1.807, 2.05) is 39.0 Å². The van der Waals surface area contributed by atoms with E-state index in [9.17, 15) is 14.4 Å². The zero-order valence-corrected chi connectivity index (χ0v) is 23.9. The number of benzene rings is 3. The van der Waals surface area contributed by atoms with Gasteiger partial charge < -0.3 is 14.2 Å². The lowest BCUT2D eigenvalue weighted by Gasteiger charge is -2.26. The summed E-state index contributed by atoms with van der Waals surface area (Å²) < 4.78 is 18.3. The summed E-state index contributed by atoms with van der Waals surface area (Å²) in [5, 5.41) is 2.44. The largest absolute Gasteiger partial charge is 0.490 e. The van der Waals surface area contributed by atoms with Crippen LogP contribution < -0.4 is 24.4 Å². The average molecular weight is 614 g/mol. The molecular formula is C29H26BrClN2O6. The highest BCUT2D eigenvalue weighted by Gasteiger charge is 2.36. The highest BCUT2D eigenvalue weighted by Crippen LogP contribution is 2.38. The number of halogens is 2. The Morgan fingerprint density at radius 3 is 2.21 bits per heavy atom. The SMILES string of the molecule is CCOc1cc(C=C2C(=O)NC(=O)N(c3ccc(Br)cc3)C2=O)cc(Cl)c1OCCOc1c(C)cccc1C. The minimum Gasteiger partial charge on any atom is -0.490 e. The molecule has 0 spiro atoms. The number of urea groups is 1. The number of nitrogens with zero attached hydrogens (tertiary/aromatic N) is 1. The molecule has 0 radical (unpaired) electrons. The number of carbonyl (C=O) groups is 3. The first-order valence-corrected chi connectivity index (χ1v) is 13.3. The fourth-order valence-corrected chi connectivity index (χ4v) is 4.58. The van der Waals surface area contributed by atoms with Gasteiger partial charge in [0.1, 0.15) is 24.5 Å². The summed E-state index contributed by atoms with van der Waals surface area (Å²) in [7, 11) is 0. The Bertz CT molecular complexity index is 1430. The summed E-state index contributed by atoms with van der Waals surface area (Å²) in [6, 6.07) is 14.8. The Kier molecular flexibility index (Phi) is 8.93. The molecule has 1 aliphatic heterocycles. The van der Waals surface area contributed by atoms with Crippen LogP contribution in [0.1, 0.15) is 23.6 Å². The van der Waals surface area contributed by atoms with E-state index in [0.717, 1.165) is 26.2 Å². The molecule has 202 valence electrons. The number of barbiturate groups is 1. The van der Waals surface area contributed by atoms with Crippen molar-refractivity contribution < 1.29 is 28.6 Å². The monoisotopic (exact) mass is 612 g/mol. The number of ether oxygens (including phenoxy) is 3. The van der Waals surface area contributed by atoms with Crippen molar-refractivity contribution in [2.45, 2.75) is 20.8 Å². The molecule has 0 unspecified atom stereocenters. The fraction of sp³-hybridized carbons (Fsp3) is 0.207. The third kappa shape index (κ3) is 6.43. The van der Waals surface area contributed by atoms with Crippen molar-refractivity contribution >= 4 is 57.1 Å². The molecule has 0 atom stereocenters. The van der Waals surface area contributed by atoms with Gasteiger partial charge >= 0.3 is 6.03 Å². The average Bonchev–Trinajstić information content (AvgIpc) is 2.88. The number of hydrogen-bond donors (Lipinski definition) is 1. The number of anilines is 1. The first-order chi connectivity index (χ1) is 18.7. The van der Waals surface area contributed by atoms with Crippen LogP contribution in [0.25, 0.3) is 6.08 Å². The minimum atomic E-state index is -0.829. The van der Waals surface area contributed by atoms with Crippen molar-refractivity contribution in [2.24, 2.45) is 0 Å². The summed E-state index contributed by atoms with van der Waals surface area (Å²) in [4.78, 5) is 39.2. The van der Waals surface area contributed by atoms with Crippen LogP contribution >= 0.6 is 27.5 Å². The predicted molar refractivity (Wildman–Crippen MR) is 153 cm³/mol. The van der Waals surface area contributed by atoms with Gasteiger partial charge in [-0.05, 0) is 79.9 Å². The summed E-state index contributed by atoms with van der Waals surface area (Å²) in [6.07, 6.45) is 1.36. The third-order valence-electron chi connectivity index (χ3n) is 5.81. The molecule has 3 aromatic carbocycles. The molecule has 1 saturated heterocycles. The smallest absolute Gasteiger partial charge is 0.335 e. The normalized spacial score (nSPS) is 14.4. The number of carbonyl (C=O) groups excluding carboxylic acids is 3.